The van der Waals surface area contributed by atoms with Gasteiger partial charge in [0.1, 0.15) is 6.04 Å². The molecule has 2 heterocycles. The average Bonchev–Trinajstić information content (AvgIpc) is 3.05. The normalized spacial score (nSPS) is 26.6. The lowest BCUT2D eigenvalue weighted by molar-refractivity contribution is -0.145. The first-order chi connectivity index (χ1) is 9.04. The Bertz CT molecular complexity index is 403. The summed E-state index contributed by atoms with van der Waals surface area (Å²) in [6.45, 7) is 0.769. The van der Waals surface area contributed by atoms with Gasteiger partial charge in [-0.05, 0) is 6.42 Å². The smallest absolute Gasteiger partial charge is 0.327 e. The van der Waals surface area contributed by atoms with Crippen molar-refractivity contribution in [1.29, 1.82) is 0 Å². The third-order valence-electron chi connectivity index (χ3n) is 3.41. The van der Waals surface area contributed by atoms with E-state index in [4.69, 9.17) is 5.11 Å². The summed E-state index contributed by atoms with van der Waals surface area (Å²) in [6.07, 6.45) is 0.567. The van der Waals surface area contributed by atoms with E-state index in [0.717, 1.165) is 0 Å². The second-order valence-electron chi connectivity index (χ2n) is 4.56. The highest BCUT2D eigenvalue weighted by atomic mass is 32.2. The number of esters is 1. The van der Waals surface area contributed by atoms with Crippen molar-refractivity contribution in [2.45, 2.75) is 12.5 Å². The Morgan fingerprint density at radius 3 is 2.74 bits per heavy atom. The fourth-order valence-electron chi connectivity index (χ4n) is 2.31. The van der Waals surface area contributed by atoms with Crippen LogP contribution in [0.2, 0.25) is 0 Å². The van der Waals surface area contributed by atoms with E-state index < -0.39 is 12.0 Å². The molecule has 1 N–H and O–H groups in total. The zero-order valence-electron chi connectivity index (χ0n) is 10.6. The number of carboxylic acid groups (broad SMARTS) is 1. The highest BCUT2D eigenvalue weighted by Crippen LogP contribution is 2.25. The maximum atomic E-state index is 12.2. The third-order valence-corrected chi connectivity index (χ3v) is 4.42. The fraction of sp³-hybridized carbons (Fsp3) is 0.727. The Kier molecular flexibility index (Phi) is 4.18. The number of likely N-dealkylation sites (tertiary alicyclic amines) is 1. The van der Waals surface area contributed by atoms with Crippen LogP contribution in [-0.4, -0.2) is 70.7 Å². The van der Waals surface area contributed by atoms with E-state index in [-0.39, 0.29) is 17.9 Å². The van der Waals surface area contributed by atoms with Gasteiger partial charge in [0.25, 0.3) is 0 Å². The topological polar surface area (TPSA) is 87.2 Å². The van der Waals surface area contributed by atoms with E-state index in [1.165, 1.54) is 28.7 Å². The number of urea groups is 1. The van der Waals surface area contributed by atoms with E-state index in [0.29, 0.717) is 31.1 Å². The van der Waals surface area contributed by atoms with Gasteiger partial charge in [0.2, 0.25) is 0 Å². The number of carboxylic acids is 1. The van der Waals surface area contributed by atoms with Gasteiger partial charge in [0.15, 0.2) is 0 Å². The van der Waals surface area contributed by atoms with E-state index in [9.17, 15) is 14.4 Å². The molecule has 2 atom stereocenters. The molecular weight excluding hydrogens is 272 g/mol. The summed E-state index contributed by atoms with van der Waals surface area (Å²) in [5.41, 5.74) is 0. The van der Waals surface area contributed by atoms with Crippen LogP contribution in [0.4, 0.5) is 4.79 Å². The summed E-state index contributed by atoms with van der Waals surface area (Å²) >= 11 is 1.42. The lowest BCUT2D eigenvalue weighted by atomic mass is 10.1. The Morgan fingerprint density at radius 1 is 1.37 bits per heavy atom. The van der Waals surface area contributed by atoms with Crippen molar-refractivity contribution >= 4 is 29.7 Å². The summed E-state index contributed by atoms with van der Waals surface area (Å²) in [4.78, 5) is 37.6. The molecule has 8 heteroatoms. The standard InChI is InChI=1S/C11H16N2O5S/c1-18-10(16)7-2-3-12(4-7)11(17)13-6-19-5-8(13)9(14)15/h7-8H,2-6H2,1H3,(H,14,15)/t7?,8-/m0/s1. The highest BCUT2D eigenvalue weighted by molar-refractivity contribution is 7.99. The summed E-state index contributed by atoms with van der Waals surface area (Å²) in [5, 5.41) is 9.05. The monoisotopic (exact) mass is 288 g/mol. The number of carbonyl (C=O) groups is 3. The van der Waals surface area contributed by atoms with Gasteiger partial charge in [-0.25, -0.2) is 9.59 Å². The number of amides is 2. The molecule has 0 radical (unpaired) electrons. The molecule has 0 spiro atoms. The van der Waals surface area contributed by atoms with Crippen LogP contribution in [-0.2, 0) is 14.3 Å². The van der Waals surface area contributed by atoms with Gasteiger partial charge in [-0.1, -0.05) is 0 Å². The molecule has 0 aromatic heterocycles. The molecule has 0 aromatic carbocycles. The molecule has 2 amide bonds. The van der Waals surface area contributed by atoms with Gasteiger partial charge in [0.05, 0.1) is 18.9 Å². The van der Waals surface area contributed by atoms with Gasteiger partial charge in [-0.3, -0.25) is 4.79 Å². The number of rotatable bonds is 2. The van der Waals surface area contributed by atoms with Crippen LogP contribution in [0, 0.1) is 5.92 Å². The maximum absolute atomic E-state index is 12.2. The number of ether oxygens (including phenoxy) is 1. The number of aliphatic carboxylic acids is 1. The molecule has 1 unspecified atom stereocenters. The minimum absolute atomic E-state index is 0.299. The van der Waals surface area contributed by atoms with Crippen molar-refractivity contribution in [3.63, 3.8) is 0 Å². The van der Waals surface area contributed by atoms with Crippen molar-refractivity contribution in [2.24, 2.45) is 5.92 Å². The van der Waals surface area contributed by atoms with Crippen LogP contribution in [0.3, 0.4) is 0 Å². The SMILES string of the molecule is COC(=O)C1CCN(C(=O)N2CSC[C@H]2C(=O)O)C1. The number of thioether (sulfide) groups is 1. The number of carbonyl (C=O) groups excluding carboxylic acids is 2. The fourth-order valence-corrected chi connectivity index (χ4v) is 3.45. The van der Waals surface area contributed by atoms with E-state index in [1.807, 2.05) is 0 Å². The minimum Gasteiger partial charge on any atom is -0.480 e. The maximum Gasteiger partial charge on any atom is 0.327 e. The number of hydrogen-bond donors (Lipinski definition) is 1. The van der Waals surface area contributed by atoms with E-state index >= 15 is 0 Å². The Morgan fingerprint density at radius 2 is 2.11 bits per heavy atom. The van der Waals surface area contributed by atoms with Crippen molar-refractivity contribution in [3.8, 4) is 0 Å². The van der Waals surface area contributed by atoms with Crippen LogP contribution >= 0.6 is 11.8 Å². The van der Waals surface area contributed by atoms with Crippen LogP contribution in [0.5, 0.6) is 0 Å². The number of hydrogen-bond acceptors (Lipinski definition) is 5. The lowest BCUT2D eigenvalue weighted by Crippen LogP contribution is -2.48. The first-order valence-corrected chi connectivity index (χ1v) is 7.14. The quantitative estimate of drug-likeness (QED) is 0.723. The summed E-state index contributed by atoms with van der Waals surface area (Å²) < 4.78 is 4.66. The Labute approximate surface area is 114 Å². The highest BCUT2D eigenvalue weighted by Gasteiger charge is 2.40. The molecule has 7 nitrogen and oxygen atoms in total. The molecule has 0 aromatic rings. The van der Waals surface area contributed by atoms with Crippen molar-refractivity contribution in [3.05, 3.63) is 0 Å². The summed E-state index contributed by atoms with van der Waals surface area (Å²) in [5.74, 6) is -0.805. The minimum atomic E-state index is -0.984. The summed E-state index contributed by atoms with van der Waals surface area (Å²) in [7, 11) is 1.32. The molecule has 2 fully saturated rings. The molecule has 2 rings (SSSR count). The first-order valence-electron chi connectivity index (χ1n) is 5.98. The largest absolute Gasteiger partial charge is 0.480 e. The lowest BCUT2D eigenvalue weighted by Gasteiger charge is -2.26. The van der Waals surface area contributed by atoms with Crippen molar-refractivity contribution in [1.82, 2.24) is 9.80 Å². The van der Waals surface area contributed by atoms with Crippen molar-refractivity contribution in [2.75, 3.05) is 31.8 Å². The second kappa shape index (κ2) is 5.68. The van der Waals surface area contributed by atoms with Gasteiger partial charge in [-0.2, -0.15) is 0 Å². The predicted octanol–water partition coefficient (Wildman–Crippen LogP) is 0.0608. The molecule has 106 valence electrons. The molecule has 0 aliphatic carbocycles. The second-order valence-corrected chi connectivity index (χ2v) is 5.56. The van der Waals surface area contributed by atoms with Crippen LogP contribution in [0.1, 0.15) is 6.42 Å². The molecule has 0 saturated carbocycles. The van der Waals surface area contributed by atoms with Crippen LogP contribution < -0.4 is 0 Å². The Hall–Kier alpha value is -1.44. The average molecular weight is 288 g/mol. The van der Waals surface area contributed by atoms with Crippen LogP contribution in [0.15, 0.2) is 0 Å². The molecule has 2 aliphatic rings. The van der Waals surface area contributed by atoms with E-state index in [1.54, 1.807) is 0 Å². The third kappa shape index (κ3) is 2.78. The summed E-state index contributed by atoms with van der Waals surface area (Å²) in [6, 6.07) is -1.07. The predicted molar refractivity (Wildman–Crippen MR) is 67.7 cm³/mol. The zero-order valence-corrected chi connectivity index (χ0v) is 11.4. The van der Waals surface area contributed by atoms with Gasteiger partial charge in [-0.15, -0.1) is 11.8 Å². The number of nitrogens with zero attached hydrogens (tertiary/aromatic N) is 2. The molecular formula is C11H16N2O5S. The molecule has 0 bridgehead atoms. The van der Waals surface area contributed by atoms with Gasteiger partial charge in [0, 0.05) is 18.8 Å². The van der Waals surface area contributed by atoms with Gasteiger partial charge < -0.3 is 19.6 Å². The Balaban J connectivity index is 1.97. The van der Waals surface area contributed by atoms with E-state index in [2.05, 4.69) is 4.74 Å². The van der Waals surface area contributed by atoms with Crippen LogP contribution in [0.25, 0.3) is 0 Å². The van der Waals surface area contributed by atoms with Gasteiger partial charge >= 0.3 is 18.0 Å². The molecule has 2 aliphatic heterocycles. The first kappa shape index (κ1) is 14.0. The molecule has 19 heavy (non-hydrogen) atoms. The van der Waals surface area contributed by atoms with Crippen molar-refractivity contribution < 1.29 is 24.2 Å². The zero-order chi connectivity index (χ0) is 14.0. The molecule has 2 saturated heterocycles. The number of methoxy groups -OCH3 is 1.